The average Bonchev–Trinajstić information content (AvgIpc) is 2.04. The third-order valence-electron chi connectivity index (χ3n) is 0.403. The second-order valence-electron chi connectivity index (χ2n) is 1.59. The van der Waals surface area contributed by atoms with E-state index in [4.69, 9.17) is 20.4 Å². The summed E-state index contributed by atoms with van der Waals surface area (Å²) in [6, 6.07) is 0. The number of carboxylic acids is 1. The molecule has 9 heteroatoms. The van der Waals surface area contributed by atoms with Gasteiger partial charge >= 0.3 is 12.1 Å². The molecule has 0 aromatic heterocycles. The van der Waals surface area contributed by atoms with Crippen LogP contribution in [0.25, 0.3) is 0 Å². The van der Waals surface area contributed by atoms with E-state index in [2.05, 4.69) is 22.2 Å². The van der Waals surface area contributed by atoms with Crippen molar-refractivity contribution in [1.82, 2.24) is 0 Å². The zero-order valence-corrected chi connectivity index (χ0v) is 7.56. The molecule has 0 saturated heterocycles. The Hall–Kier alpha value is -2.03. The van der Waals surface area contributed by atoms with E-state index < -0.39 is 12.1 Å². The lowest BCUT2D eigenvalue weighted by Gasteiger charge is -1.77. The molecule has 0 atom stereocenters. The predicted molar refractivity (Wildman–Crippen MR) is 47.3 cm³/mol. The van der Waals surface area contributed by atoms with Gasteiger partial charge in [-0.3, -0.25) is 10.2 Å². The summed E-state index contributed by atoms with van der Waals surface area (Å²) < 4.78 is 0. The number of carbonyl (C=O) groups is 2. The number of carboxylic acid groups (broad SMARTS) is 2. The molecule has 14 heavy (non-hydrogen) atoms. The maximum Gasteiger partial charge on any atom is 0.524 e. The van der Waals surface area contributed by atoms with E-state index in [1.165, 1.54) is 0 Å². The van der Waals surface area contributed by atoms with Crippen molar-refractivity contribution in [1.29, 1.82) is 5.41 Å². The van der Waals surface area contributed by atoms with Gasteiger partial charge in [-0.25, -0.2) is 4.79 Å². The highest BCUT2D eigenvalue weighted by atomic mass is 16.7. The zero-order valence-electron chi connectivity index (χ0n) is 7.56. The van der Waals surface area contributed by atoms with Crippen LogP contribution in [0.1, 0.15) is 13.3 Å². The molecule has 9 N–H and O–H groups in total. The summed E-state index contributed by atoms with van der Waals surface area (Å²) in [5.74, 6) is 2.99. The normalized spacial score (nSPS) is 6.71. The molecule has 0 spiro atoms. The lowest BCUT2D eigenvalue weighted by molar-refractivity contribution is -0.136. The number of hydrogen-bond donors (Lipinski definition) is 6. The molecule has 0 saturated carbocycles. The lowest BCUT2D eigenvalue weighted by Crippen LogP contribution is -2.20. The first-order valence-corrected chi connectivity index (χ1v) is 3.18. The molecular formula is C5H14N4O5. The minimum Gasteiger partial charge on any atom is -0.481 e. The third kappa shape index (κ3) is 207. The lowest BCUT2D eigenvalue weighted by atomic mass is 10.5. The van der Waals surface area contributed by atoms with Gasteiger partial charge in [-0.1, -0.05) is 6.92 Å². The predicted octanol–water partition coefficient (Wildman–Crippen LogP) is -1.13. The molecule has 0 radical (unpaired) electrons. The van der Waals surface area contributed by atoms with Crippen molar-refractivity contribution in [2.24, 2.45) is 17.4 Å². The molecule has 0 heterocycles. The van der Waals surface area contributed by atoms with Gasteiger partial charge in [0, 0.05) is 6.42 Å². The van der Waals surface area contributed by atoms with Crippen LogP contribution in [-0.2, 0) is 9.63 Å². The topological polar surface area (TPSA) is 186 Å². The van der Waals surface area contributed by atoms with Crippen molar-refractivity contribution in [3.63, 3.8) is 0 Å². The first kappa shape index (κ1) is 17.9. The van der Waals surface area contributed by atoms with Crippen LogP contribution in [0.4, 0.5) is 4.79 Å². The van der Waals surface area contributed by atoms with E-state index in [1.807, 2.05) is 0 Å². The maximum atomic E-state index is 9.37. The second-order valence-corrected chi connectivity index (χ2v) is 1.59. The summed E-state index contributed by atoms with van der Waals surface area (Å²) in [7, 11) is 0. The van der Waals surface area contributed by atoms with Crippen molar-refractivity contribution in [3.05, 3.63) is 0 Å². The Labute approximate surface area is 79.9 Å². The van der Waals surface area contributed by atoms with E-state index in [9.17, 15) is 4.79 Å². The van der Waals surface area contributed by atoms with E-state index in [-0.39, 0.29) is 12.4 Å². The smallest absolute Gasteiger partial charge is 0.481 e. The Balaban J connectivity index is -0.000000131. The number of nitrogens with two attached hydrogens (primary N) is 3. The first-order chi connectivity index (χ1) is 6.27. The standard InChI is InChI=1S/C3H6O2.CH5N3.CH3NO3/c1-2-3(4)5;2-1(3)4;2-5-1(3)4/h2H2,1H3,(H,4,5);(H5,2,3,4);2H2,(H,3,4). The quantitative estimate of drug-likeness (QED) is 0.178. The van der Waals surface area contributed by atoms with E-state index in [0.29, 0.717) is 0 Å². The Morgan fingerprint density at radius 3 is 1.50 bits per heavy atom. The molecule has 9 nitrogen and oxygen atoms in total. The van der Waals surface area contributed by atoms with E-state index >= 15 is 0 Å². The zero-order chi connectivity index (χ0) is 12.1. The van der Waals surface area contributed by atoms with E-state index in [1.54, 1.807) is 6.92 Å². The average molecular weight is 210 g/mol. The van der Waals surface area contributed by atoms with Gasteiger partial charge in [-0.15, -0.1) is 0 Å². The highest BCUT2D eigenvalue weighted by molar-refractivity contribution is 5.71. The van der Waals surface area contributed by atoms with Crippen molar-refractivity contribution in [2.45, 2.75) is 13.3 Å². The molecule has 0 bridgehead atoms. The summed E-state index contributed by atoms with van der Waals surface area (Å²) in [6.07, 6.45) is -1.25. The van der Waals surface area contributed by atoms with Crippen LogP contribution in [0.2, 0.25) is 0 Å². The summed E-state index contributed by atoms with van der Waals surface area (Å²) >= 11 is 0. The fourth-order valence-corrected chi connectivity index (χ4v) is 0. The van der Waals surface area contributed by atoms with Gasteiger partial charge in [0.1, 0.15) is 0 Å². The van der Waals surface area contributed by atoms with E-state index in [0.717, 1.165) is 0 Å². The molecular weight excluding hydrogens is 196 g/mol. The Bertz CT molecular complexity index is 165. The van der Waals surface area contributed by atoms with Gasteiger partial charge in [0.15, 0.2) is 5.96 Å². The number of guanidine groups is 1. The van der Waals surface area contributed by atoms with Crippen LogP contribution in [0.5, 0.6) is 0 Å². The van der Waals surface area contributed by atoms with Crippen LogP contribution in [0, 0.1) is 5.41 Å². The monoisotopic (exact) mass is 210 g/mol. The van der Waals surface area contributed by atoms with Crippen LogP contribution in [0.15, 0.2) is 0 Å². The molecule has 0 aromatic rings. The van der Waals surface area contributed by atoms with Gasteiger partial charge < -0.3 is 26.5 Å². The van der Waals surface area contributed by atoms with Crippen molar-refractivity contribution in [2.75, 3.05) is 0 Å². The Kier molecular flexibility index (Phi) is 17.3. The molecule has 0 amide bonds. The van der Waals surface area contributed by atoms with Crippen molar-refractivity contribution >= 4 is 18.1 Å². The molecule has 0 aromatic carbocycles. The van der Waals surface area contributed by atoms with Crippen LogP contribution < -0.4 is 17.4 Å². The summed E-state index contributed by atoms with van der Waals surface area (Å²) in [6.45, 7) is 1.60. The third-order valence-corrected chi connectivity index (χ3v) is 0.403. The Morgan fingerprint density at radius 2 is 1.50 bits per heavy atom. The minimum absolute atomic E-state index is 0.222. The van der Waals surface area contributed by atoms with Crippen LogP contribution >= 0.6 is 0 Å². The first-order valence-electron chi connectivity index (χ1n) is 3.18. The number of hydrogen-bond acceptors (Lipinski definition) is 5. The second kappa shape index (κ2) is 13.6. The number of rotatable bonds is 1. The fraction of sp³-hybridized carbons (Fsp3) is 0.400. The molecule has 0 unspecified atom stereocenters. The molecule has 84 valence electrons. The molecule has 0 aliphatic rings. The summed E-state index contributed by atoms with van der Waals surface area (Å²) in [5.41, 5.74) is 8.94. The van der Waals surface area contributed by atoms with Crippen molar-refractivity contribution in [3.8, 4) is 0 Å². The van der Waals surface area contributed by atoms with Gasteiger partial charge in [-0.05, 0) is 0 Å². The van der Waals surface area contributed by atoms with Crippen molar-refractivity contribution < 1.29 is 24.6 Å². The fourth-order valence-electron chi connectivity index (χ4n) is 0. The van der Waals surface area contributed by atoms with Gasteiger partial charge in [0.2, 0.25) is 0 Å². The molecule has 0 fully saturated rings. The van der Waals surface area contributed by atoms with Gasteiger partial charge in [-0.2, -0.15) is 5.90 Å². The molecule has 0 aliphatic heterocycles. The molecule has 0 aliphatic carbocycles. The summed E-state index contributed by atoms with van der Waals surface area (Å²) in [4.78, 5) is 21.6. The van der Waals surface area contributed by atoms with Crippen LogP contribution in [0.3, 0.4) is 0 Å². The van der Waals surface area contributed by atoms with Gasteiger partial charge in [0.05, 0.1) is 0 Å². The highest BCUT2D eigenvalue weighted by Gasteiger charge is 1.82. The summed E-state index contributed by atoms with van der Waals surface area (Å²) in [5, 5.41) is 21.2. The SMILES string of the molecule is CCC(=O)O.N=C(N)N.NOC(=O)O. The van der Waals surface area contributed by atoms with Gasteiger partial charge in [0.25, 0.3) is 0 Å². The number of nitrogens with one attached hydrogen (secondary N) is 1. The highest BCUT2D eigenvalue weighted by Crippen LogP contribution is 1.67. The number of aliphatic carboxylic acids is 1. The maximum absolute atomic E-state index is 9.37. The van der Waals surface area contributed by atoms with Crippen LogP contribution in [-0.4, -0.2) is 28.3 Å². The molecule has 0 rings (SSSR count). The largest absolute Gasteiger partial charge is 0.524 e. The minimum atomic E-state index is -1.47. The Morgan fingerprint density at radius 1 is 1.36 bits per heavy atom.